The maximum absolute atomic E-state index is 11.9. The normalized spacial score (nSPS) is 26.9. The molecule has 41 heavy (non-hydrogen) atoms. The standard InChI is InChI=1S/C29H46NO10P/c1-4-22-12-13-27(32)39-25(22)14-15-29(34,16-17-30)26(40-41(35,36)37)19-23(31)10-6-5-8-21-9-7-11-24(18-21)38-28(33)20(2)3/h5-6,8,10,12-15,20-26,31,34H,4,7,9,11,16-19,30H2,1-3H3,(H2,35,36,37)/b8-5-,10-6-,15-14+/t21-,22-,23-,24-,25-,26+,29-/m0/s1. The lowest BCUT2D eigenvalue weighted by Gasteiger charge is -2.35. The summed E-state index contributed by atoms with van der Waals surface area (Å²) in [6.07, 6.45) is 12.6. The molecule has 1 saturated carbocycles. The fourth-order valence-corrected chi connectivity index (χ4v) is 5.55. The summed E-state index contributed by atoms with van der Waals surface area (Å²) in [4.78, 5) is 42.7. The van der Waals surface area contributed by atoms with Crippen molar-refractivity contribution in [3.63, 3.8) is 0 Å². The molecule has 11 nitrogen and oxygen atoms in total. The third-order valence-electron chi connectivity index (χ3n) is 7.27. The monoisotopic (exact) mass is 599 g/mol. The minimum atomic E-state index is -5.07. The number of carbonyl (C=O) groups excluding carboxylic acids is 2. The van der Waals surface area contributed by atoms with E-state index in [2.05, 4.69) is 0 Å². The Kier molecular flexibility index (Phi) is 14.1. The molecule has 1 fully saturated rings. The molecule has 1 aliphatic carbocycles. The van der Waals surface area contributed by atoms with Gasteiger partial charge in [0, 0.05) is 18.4 Å². The number of rotatable bonds is 15. The molecule has 0 saturated heterocycles. The molecule has 1 aliphatic heterocycles. The highest BCUT2D eigenvalue weighted by Crippen LogP contribution is 2.42. The molecule has 0 bridgehead atoms. The molecular weight excluding hydrogens is 553 g/mol. The Morgan fingerprint density at radius 1 is 1.27 bits per heavy atom. The first-order valence-electron chi connectivity index (χ1n) is 14.2. The smallest absolute Gasteiger partial charge is 0.462 e. The third-order valence-corrected chi connectivity index (χ3v) is 7.80. The predicted molar refractivity (Wildman–Crippen MR) is 153 cm³/mol. The lowest BCUT2D eigenvalue weighted by atomic mass is 9.86. The van der Waals surface area contributed by atoms with Crippen molar-refractivity contribution in [2.75, 3.05) is 6.54 Å². The Labute approximate surface area is 242 Å². The molecule has 7 atom stereocenters. The number of carbonyl (C=O) groups is 2. The summed E-state index contributed by atoms with van der Waals surface area (Å²) in [6, 6.07) is 0. The average molecular weight is 600 g/mol. The number of esters is 2. The summed E-state index contributed by atoms with van der Waals surface area (Å²) in [5, 5.41) is 22.1. The first-order chi connectivity index (χ1) is 19.3. The molecule has 0 radical (unpaired) electrons. The molecule has 0 amide bonds. The van der Waals surface area contributed by atoms with Crippen LogP contribution in [0.3, 0.4) is 0 Å². The van der Waals surface area contributed by atoms with Crippen LogP contribution in [-0.2, 0) is 28.2 Å². The van der Waals surface area contributed by atoms with Crippen molar-refractivity contribution in [1.82, 2.24) is 0 Å². The van der Waals surface area contributed by atoms with E-state index >= 15 is 0 Å². The van der Waals surface area contributed by atoms with Gasteiger partial charge in [-0.1, -0.05) is 57.2 Å². The van der Waals surface area contributed by atoms with Gasteiger partial charge in [0.15, 0.2) is 0 Å². The van der Waals surface area contributed by atoms with Gasteiger partial charge < -0.3 is 35.2 Å². The minimum Gasteiger partial charge on any atom is -0.462 e. The lowest BCUT2D eigenvalue weighted by Crippen LogP contribution is -2.45. The number of allylic oxidation sites excluding steroid dienone is 3. The zero-order valence-electron chi connectivity index (χ0n) is 24.1. The van der Waals surface area contributed by atoms with Crippen LogP contribution in [0.1, 0.15) is 65.7 Å². The maximum atomic E-state index is 11.9. The van der Waals surface area contributed by atoms with Crippen molar-refractivity contribution < 1.29 is 48.2 Å². The van der Waals surface area contributed by atoms with Crippen LogP contribution in [0.5, 0.6) is 0 Å². The van der Waals surface area contributed by atoms with Crippen LogP contribution in [0, 0.1) is 17.8 Å². The van der Waals surface area contributed by atoms with Crippen molar-refractivity contribution in [2.24, 2.45) is 23.5 Å². The molecule has 0 unspecified atom stereocenters. The van der Waals surface area contributed by atoms with Crippen LogP contribution >= 0.6 is 7.82 Å². The van der Waals surface area contributed by atoms with Gasteiger partial charge in [0.05, 0.1) is 12.0 Å². The van der Waals surface area contributed by atoms with Crippen LogP contribution in [0.4, 0.5) is 0 Å². The van der Waals surface area contributed by atoms with Crippen molar-refractivity contribution in [3.05, 3.63) is 48.6 Å². The van der Waals surface area contributed by atoms with Crippen molar-refractivity contribution in [3.8, 4) is 0 Å². The SMILES string of the molecule is CC[C@H]1C=CC(=O)O[C@H]1/C=C/[C@](O)(CCN)[C@@H](C[C@@H](O)/C=C\C=C/[C@H]1CCC[C@H](OC(=O)C(C)C)C1)OP(=O)(O)O. The first kappa shape index (κ1) is 35.1. The van der Waals surface area contributed by atoms with Crippen molar-refractivity contribution in [2.45, 2.75) is 95.7 Å². The Balaban J connectivity index is 2.10. The number of hydrogen-bond acceptors (Lipinski definition) is 9. The highest BCUT2D eigenvalue weighted by molar-refractivity contribution is 7.46. The lowest BCUT2D eigenvalue weighted by molar-refractivity contribution is -0.154. The van der Waals surface area contributed by atoms with Gasteiger partial charge in [0.25, 0.3) is 0 Å². The van der Waals surface area contributed by atoms with Crippen LogP contribution in [0.25, 0.3) is 0 Å². The quantitative estimate of drug-likeness (QED) is 0.0805. The molecule has 6 N–H and O–H groups in total. The Hall–Kier alpha value is -2.11. The van der Waals surface area contributed by atoms with Gasteiger partial charge in [-0.05, 0) is 57.1 Å². The van der Waals surface area contributed by atoms with Crippen LogP contribution < -0.4 is 5.73 Å². The summed E-state index contributed by atoms with van der Waals surface area (Å²) in [5.74, 6) is -0.863. The number of cyclic esters (lactones) is 1. The fourth-order valence-electron chi connectivity index (χ4n) is 4.95. The largest absolute Gasteiger partial charge is 0.469 e. The van der Waals surface area contributed by atoms with E-state index in [4.69, 9.17) is 19.7 Å². The van der Waals surface area contributed by atoms with Gasteiger partial charge in [0.2, 0.25) is 0 Å². The molecule has 1 heterocycles. The van der Waals surface area contributed by atoms with Gasteiger partial charge in [0.1, 0.15) is 23.9 Å². The summed E-state index contributed by atoms with van der Waals surface area (Å²) in [6.45, 7) is 5.46. The van der Waals surface area contributed by atoms with E-state index in [0.717, 1.165) is 19.3 Å². The van der Waals surface area contributed by atoms with E-state index in [0.29, 0.717) is 12.8 Å². The molecule has 2 rings (SSSR count). The second-order valence-electron chi connectivity index (χ2n) is 11.0. The first-order valence-corrected chi connectivity index (χ1v) is 15.8. The molecule has 0 spiro atoms. The van der Waals surface area contributed by atoms with Crippen molar-refractivity contribution in [1.29, 1.82) is 0 Å². The summed E-state index contributed by atoms with van der Waals surface area (Å²) in [5.41, 5.74) is 3.72. The van der Waals surface area contributed by atoms with Crippen LogP contribution in [0.2, 0.25) is 0 Å². The topological polar surface area (TPSA) is 186 Å². The maximum Gasteiger partial charge on any atom is 0.469 e. The molecule has 232 valence electrons. The zero-order chi connectivity index (χ0) is 30.6. The Morgan fingerprint density at radius 2 is 2.00 bits per heavy atom. The van der Waals surface area contributed by atoms with Gasteiger partial charge in [-0.15, -0.1) is 0 Å². The summed E-state index contributed by atoms with van der Waals surface area (Å²) < 4.78 is 27.6. The van der Waals surface area contributed by atoms with E-state index in [1.165, 1.54) is 24.3 Å². The number of aliphatic hydroxyl groups excluding tert-OH is 1. The zero-order valence-corrected chi connectivity index (χ0v) is 25.0. The highest BCUT2D eigenvalue weighted by atomic mass is 31.2. The number of ether oxygens (including phenoxy) is 2. The van der Waals surface area contributed by atoms with Crippen LogP contribution in [0.15, 0.2) is 48.6 Å². The van der Waals surface area contributed by atoms with E-state index in [1.807, 2.05) is 13.0 Å². The van der Waals surface area contributed by atoms with E-state index in [9.17, 15) is 34.2 Å². The molecule has 12 heteroatoms. The number of aliphatic hydroxyl groups is 2. The average Bonchev–Trinajstić information content (AvgIpc) is 2.89. The van der Waals surface area contributed by atoms with Gasteiger partial charge >= 0.3 is 19.8 Å². The third kappa shape index (κ3) is 12.3. The number of hydrogen-bond donors (Lipinski definition) is 5. The second-order valence-corrected chi connectivity index (χ2v) is 12.2. The molecular formula is C29H46NO10P. The van der Waals surface area contributed by atoms with E-state index in [1.54, 1.807) is 32.1 Å². The Morgan fingerprint density at radius 3 is 2.63 bits per heavy atom. The van der Waals surface area contributed by atoms with E-state index < -0.39 is 37.7 Å². The fraction of sp³-hybridized carbons (Fsp3) is 0.655. The molecule has 0 aromatic rings. The summed E-state index contributed by atoms with van der Waals surface area (Å²) >= 11 is 0. The van der Waals surface area contributed by atoms with E-state index in [-0.39, 0.29) is 49.2 Å². The second kappa shape index (κ2) is 16.5. The van der Waals surface area contributed by atoms with Gasteiger partial charge in [-0.3, -0.25) is 9.32 Å². The van der Waals surface area contributed by atoms with Gasteiger partial charge in [-0.25, -0.2) is 9.36 Å². The predicted octanol–water partition coefficient (Wildman–Crippen LogP) is 3.23. The molecule has 0 aromatic heterocycles. The number of nitrogens with two attached hydrogens (primary N) is 1. The molecule has 2 aliphatic rings. The number of phosphoric ester groups is 1. The Bertz CT molecular complexity index is 1020. The summed E-state index contributed by atoms with van der Waals surface area (Å²) in [7, 11) is -5.07. The van der Waals surface area contributed by atoms with Crippen molar-refractivity contribution >= 4 is 19.8 Å². The highest BCUT2D eigenvalue weighted by Gasteiger charge is 2.40. The minimum absolute atomic E-state index is 0.0487. The van der Waals surface area contributed by atoms with Crippen LogP contribution in [-0.4, -0.2) is 68.5 Å². The van der Waals surface area contributed by atoms with Gasteiger partial charge in [-0.2, -0.15) is 0 Å². The number of phosphoric acid groups is 1. The molecule has 0 aromatic carbocycles.